The van der Waals surface area contributed by atoms with Crippen molar-refractivity contribution in [3.05, 3.63) is 46.4 Å². The van der Waals surface area contributed by atoms with E-state index in [2.05, 4.69) is 6.58 Å². The fourth-order valence-corrected chi connectivity index (χ4v) is 3.26. The molecule has 21 heavy (non-hydrogen) atoms. The number of carbonyl (C=O) groups is 1. The van der Waals surface area contributed by atoms with Crippen molar-refractivity contribution in [1.29, 1.82) is 0 Å². The summed E-state index contributed by atoms with van der Waals surface area (Å²) in [6.45, 7) is 5.77. The molecule has 0 saturated heterocycles. The van der Waals surface area contributed by atoms with Crippen LogP contribution in [0.15, 0.2) is 29.6 Å². The van der Waals surface area contributed by atoms with Crippen molar-refractivity contribution in [2.45, 2.75) is 38.6 Å². The van der Waals surface area contributed by atoms with E-state index in [1.165, 1.54) is 12.0 Å². The van der Waals surface area contributed by atoms with Gasteiger partial charge in [0, 0.05) is 43.7 Å². The summed E-state index contributed by atoms with van der Waals surface area (Å²) in [7, 11) is 0. The molecule has 1 aliphatic carbocycles. The summed E-state index contributed by atoms with van der Waals surface area (Å²) in [4.78, 5) is 26.4. The normalized spacial score (nSPS) is 18.6. The zero-order chi connectivity index (χ0) is 14.8. The summed E-state index contributed by atoms with van der Waals surface area (Å²) in [5.41, 5.74) is 2.29. The molecule has 1 fully saturated rings. The summed E-state index contributed by atoms with van der Waals surface area (Å²) in [6.07, 6.45) is 6.63. The number of amides is 1. The molecule has 0 atom stereocenters. The summed E-state index contributed by atoms with van der Waals surface area (Å²) >= 11 is 0. The average Bonchev–Trinajstić information content (AvgIpc) is 2.63. The van der Waals surface area contributed by atoms with E-state index in [4.69, 9.17) is 0 Å². The first kappa shape index (κ1) is 14.1. The molecule has 0 unspecified atom stereocenters. The van der Waals surface area contributed by atoms with Gasteiger partial charge in [0.2, 0.25) is 5.91 Å². The molecule has 1 aromatic heterocycles. The number of aromatic nitrogens is 1. The van der Waals surface area contributed by atoms with Crippen LogP contribution < -0.4 is 5.56 Å². The maximum absolute atomic E-state index is 12.4. The van der Waals surface area contributed by atoms with E-state index in [1.54, 1.807) is 16.7 Å². The molecule has 0 aromatic carbocycles. The fraction of sp³-hybridized carbons (Fsp3) is 0.529. The minimum Gasteiger partial charge on any atom is -0.342 e. The molecule has 2 heterocycles. The van der Waals surface area contributed by atoms with Crippen molar-refractivity contribution in [3.8, 4) is 0 Å². The fourth-order valence-electron chi connectivity index (χ4n) is 3.26. The summed E-state index contributed by atoms with van der Waals surface area (Å²) in [5, 5.41) is 0. The lowest BCUT2D eigenvalue weighted by Crippen LogP contribution is -2.40. The van der Waals surface area contributed by atoms with Gasteiger partial charge >= 0.3 is 0 Å². The molecule has 4 nitrogen and oxygen atoms in total. The number of rotatable bonds is 3. The van der Waals surface area contributed by atoms with E-state index in [-0.39, 0.29) is 11.5 Å². The summed E-state index contributed by atoms with van der Waals surface area (Å²) in [6, 6.07) is 3.56. The van der Waals surface area contributed by atoms with Gasteiger partial charge in [0.1, 0.15) is 0 Å². The lowest BCUT2D eigenvalue weighted by atomic mass is 9.84. The lowest BCUT2D eigenvalue weighted by molar-refractivity contribution is -0.138. The van der Waals surface area contributed by atoms with Gasteiger partial charge in [0.15, 0.2) is 0 Å². The molecule has 4 heteroatoms. The van der Waals surface area contributed by atoms with Crippen LogP contribution in [-0.4, -0.2) is 28.5 Å². The van der Waals surface area contributed by atoms with E-state index < -0.39 is 0 Å². The molecular formula is C17H22N2O2. The largest absolute Gasteiger partial charge is 0.342 e. The van der Waals surface area contributed by atoms with Gasteiger partial charge in [-0.1, -0.05) is 18.6 Å². The molecular weight excluding hydrogens is 264 g/mol. The highest BCUT2D eigenvalue weighted by Gasteiger charge is 2.30. The number of carbonyl (C=O) groups excluding carboxylic acids is 1. The van der Waals surface area contributed by atoms with Gasteiger partial charge in [-0.3, -0.25) is 9.59 Å². The number of fused-ring (bicyclic) bond motifs is 1. The average molecular weight is 286 g/mol. The SMILES string of the molecule is C=CCn1c2c(ccc1=O)CCN(C(=O)C1CCC1)CC2. The molecule has 3 rings (SSSR count). The minimum absolute atomic E-state index is 0.0208. The van der Waals surface area contributed by atoms with Crippen molar-refractivity contribution in [2.75, 3.05) is 13.1 Å². The van der Waals surface area contributed by atoms with Crippen molar-refractivity contribution in [1.82, 2.24) is 9.47 Å². The Morgan fingerprint density at radius 3 is 2.71 bits per heavy atom. The van der Waals surface area contributed by atoms with E-state index in [0.717, 1.165) is 44.5 Å². The second kappa shape index (κ2) is 5.88. The van der Waals surface area contributed by atoms with Crippen LogP contribution in [0.1, 0.15) is 30.5 Å². The maximum atomic E-state index is 12.4. The van der Waals surface area contributed by atoms with Crippen LogP contribution in [0.4, 0.5) is 0 Å². The zero-order valence-electron chi connectivity index (χ0n) is 12.4. The Balaban J connectivity index is 1.82. The summed E-state index contributed by atoms with van der Waals surface area (Å²) < 4.78 is 1.79. The number of hydrogen-bond donors (Lipinski definition) is 0. The molecule has 2 aliphatic rings. The van der Waals surface area contributed by atoms with Crippen molar-refractivity contribution in [3.63, 3.8) is 0 Å². The molecule has 1 saturated carbocycles. The van der Waals surface area contributed by atoms with E-state index in [9.17, 15) is 9.59 Å². The first-order chi connectivity index (χ1) is 10.2. The summed E-state index contributed by atoms with van der Waals surface area (Å²) in [5.74, 6) is 0.563. The van der Waals surface area contributed by atoms with E-state index in [1.807, 2.05) is 11.0 Å². The number of hydrogen-bond acceptors (Lipinski definition) is 2. The molecule has 112 valence electrons. The topological polar surface area (TPSA) is 42.3 Å². The quantitative estimate of drug-likeness (QED) is 0.795. The molecule has 1 aromatic rings. The van der Waals surface area contributed by atoms with Gasteiger partial charge in [0.25, 0.3) is 5.56 Å². The van der Waals surface area contributed by atoms with Gasteiger partial charge in [-0.2, -0.15) is 0 Å². The highest BCUT2D eigenvalue weighted by molar-refractivity contribution is 5.79. The highest BCUT2D eigenvalue weighted by Crippen LogP contribution is 2.29. The first-order valence-corrected chi connectivity index (χ1v) is 7.82. The molecule has 0 bridgehead atoms. The van der Waals surface area contributed by atoms with Crippen molar-refractivity contribution >= 4 is 5.91 Å². The van der Waals surface area contributed by atoms with E-state index >= 15 is 0 Å². The van der Waals surface area contributed by atoms with Crippen LogP contribution in [0.2, 0.25) is 0 Å². The lowest BCUT2D eigenvalue weighted by Gasteiger charge is -2.30. The van der Waals surface area contributed by atoms with Crippen LogP contribution >= 0.6 is 0 Å². The Morgan fingerprint density at radius 1 is 1.29 bits per heavy atom. The maximum Gasteiger partial charge on any atom is 0.251 e. The Morgan fingerprint density at radius 2 is 2.05 bits per heavy atom. The van der Waals surface area contributed by atoms with Gasteiger partial charge in [0.05, 0.1) is 0 Å². The van der Waals surface area contributed by atoms with Crippen LogP contribution in [0.3, 0.4) is 0 Å². The predicted octanol–water partition coefficient (Wildman–Crippen LogP) is 1.76. The Hall–Kier alpha value is -1.84. The number of allylic oxidation sites excluding steroid dienone is 1. The Labute approximate surface area is 125 Å². The third-order valence-electron chi connectivity index (χ3n) is 4.74. The Bertz CT molecular complexity index is 614. The third-order valence-corrected chi connectivity index (χ3v) is 4.74. The first-order valence-electron chi connectivity index (χ1n) is 7.82. The van der Waals surface area contributed by atoms with Gasteiger partial charge in [-0.15, -0.1) is 6.58 Å². The monoisotopic (exact) mass is 286 g/mol. The number of nitrogens with zero attached hydrogens (tertiary/aromatic N) is 2. The second-order valence-electron chi connectivity index (χ2n) is 6.00. The van der Waals surface area contributed by atoms with Crippen LogP contribution in [0, 0.1) is 5.92 Å². The van der Waals surface area contributed by atoms with Gasteiger partial charge in [-0.05, 0) is 24.8 Å². The molecule has 1 amide bonds. The number of pyridine rings is 1. The smallest absolute Gasteiger partial charge is 0.251 e. The standard InChI is InChI=1S/C17H22N2O2/c1-2-10-19-15-9-12-18(17(21)14-4-3-5-14)11-8-13(15)6-7-16(19)20/h2,6-7,14H,1,3-5,8-12H2. The van der Waals surface area contributed by atoms with Gasteiger partial charge < -0.3 is 9.47 Å². The van der Waals surface area contributed by atoms with Gasteiger partial charge in [-0.25, -0.2) is 0 Å². The second-order valence-corrected chi connectivity index (χ2v) is 6.00. The molecule has 0 spiro atoms. The van der Waals surface area contributed by atoms with Crippen molar-refractivity contribution in [2.24, 2.45) is 5.92 Å². The molecule has 0 N–H and O–H groups in total. The highest BCUT2D eigenvalue weighted by atomic mass is 16.2. The third kappa shape index (κ3) is 2.67. The zero-order valence-corrected chi connectivity index (χ0v) is 12.4. The van der Waals surface area contributed by atoms with E-state index in [0.29, 0.717) is 12.5 Å². The van der Waals surface area contributed by atoms with Crippen LogP contribution in [0.5, 0.6) is 0 Å². The predicted molar refractivity (Wildman–Crippen MR) is 82.2 cm³/mol. The van der Waals surface area contributed by atoms with Crippen LogP contribution in [-0.2, 0) is 24.2 Å². The van der Waals surface area contributed by atoms with Crippen molar-refractivity contribution < 1.29 is 4.79 Å². The molecule has 0 radical (unpaired) electrons. The Kier molecular flexibility index (Phi) is 3.95. The van der Waals surface area contributed by atoms with Crippen LogP contribution in [0.25, 0.3) is 0 Å². The molecule has 1 aliphatic heterocycles. The minimum atomic E-state index is 0.0208.